The largest absolute Gasteiger partial charge is 0.310 e. The molecule has 0 fully saturated rings. The Morgan fingerprint density at radius 3 is 3.00 bits per heavy atom. The Morgan fingerprint density at radius 2 is 2.46 bits per heavy atom. The number of halogens is 1. The van der Waals surface area contributed by atoms with Gasteiger partial charge in [0, 0.05) is 36.7 Å². The second kappa shape index (κ2) is 5.40. The molecule has 0 spiro atoms. The second-order valence-electron chi connectivity index (χ2n) is 3.28. The van der Waals surface area contributed by atoms with Crippen LogP contribution in [-0.4, -0.2) is 21.2 Å². The molecule has 0 aliphatic heterocycles. The third-order valence-electron chi connectivity index (χ3n) is 1.96. The van der Waals surface area contributed by atoms with Gasteiger partial charge >= 0.3 is 0 Å². The monoisotopic (exact) mass is 245 g/mol. The summed E-state index contributed by atoms with van der Waals surface area (Å²) in [6, 6.07) is 0.555. The molecule has 0 saturated heterocycles. The van der Waals surface area contributed by atoms with Crippen LogP contribution in [-0.2, 0) is 13.6 Å². The van der Waals surface area contributed by atoms with Crippen LogP contribution in [0.1, 0.15) is 18.9 Å². The van der Waals surface area contributed by atoms with Crippen LogP contribution in [0.3, 0.4) is 0 Å². The topological polar surface area (TPSA) is 29.9 Å². The summed E-state index contributed by atoms with van der Waals surface area (Å²) in [5, 5.41) is 8.59. The SMILES string of the molecule is CC(CCBr)NCc1cnn(C)c1. The molecule has 1 N–H and O–H groups in total. The van der Waals surface area contributed by atoms with E-state index in [1.54, 1.807) is 0 Å². The summed E-state index contributed by atoms with van der Waals surface area (Å²) < 4.78 is 1.83. The number of nitrogens with one attached hydrogen (secondary N) is 1. The van der Waals surface area contributed by atoms with Crippen LogP contribution in [0.25, 0.3) is 0 Å². The van der Waals surface area contributed by atoms with E-state index in [4.69, 9.17) is 0 Å². The molecule has 0 aliphatic rings. The fourth-order valence-corrected chi connectivity index (χ4v) is 1.81. The fraction of sp³-hybridized carbons (Fsp3) is 0.667. The van der Waals surface area contributed by atoms with E-state index < -0.39 is 0 Å². The Kier molecular flexibility index (Phi) is 4.45. The van der Waals surface area contributed by atoms with E-state index in [1.807, 2.05) is 24.1 Å². The molecule has 1 aromatic rings. The lowest BCUT2D eigenvalue weighted by atomic mass is 10.2. The molecule has 1 heterocycles. The zero-order valence-electron chi connectivity index (χ0n) is 8.13. The molecule has 1 atom stereocenters. The first-order chi connectivity index (χ1) is 6.22. The first-order valence-electron chi connectivity index (χ1n) is 4.49. The van der Waals surface area contributed by atoms with Gasteiger partial charge in [-0.2, -0.15) is 5.10 Å². The highest BCUT2D eigenvalue weighted by Gasteiger charge is 2.00. The fourth-order valence-electron chi connectivity index (χ4n) is 1.12. The number of aromatic nitrogens is 2. The van der Waals surface area contributed by atoms with Crippen LogP contribution in [0.5, 0.6) is 0 Å². The van der Waals surface area contributed by atoms with Crippen molar-refractivity contribution in [1.82, 2.24) is 15.1 Å². The van der Waals surface area contributed by atoms with Crippen LogP contribution >= 0.6 is 15.9 Å². The van der Waals surface area contributed by atoms with E-state index in [-0.39, 0.29) is 0 Å². The van der Waals surface area contributed by atoms with Gasteiger partial charge < -0.3 is 5.32 Å². The Morgan fingerprint density at radius 1 is 1.69 bits per heavy atom. The Bertz CT molecular complexity index is 247. The summed E-state index contributed by atoms with van der Waals surface area (Å²) in [6.07, 6.45) is 5.09. The highest BCUT2D eigenvalue weighted by molar-refractivity contribution is 9.09. The van der Waals surface area contributed by atoms with E-state index in [9.17, 15) is 0 Å². The van der Waals surface area contributed by atoms with E-state index in [2.05, 4.69) is 33.3 Å². The molecule has 1 aromatic heterocycles. The normalized spacial score (nSPS) is 13.2. The lowest BCUT2D eigenvalue weighted by Gasteiger charge is -2.10. The van der Waals surface area contributed by atoms with E-state index >= 15 is 0 Å². The van der Waals surface area contributed by atoms with Crippen LogP contribution in [0, 0.1) is 0 Å². The van der Waals surface area contributed by atoms with Crippen molar-refractivity contribution in [3.8, 4) is 0 Å². The minimum absolute atomic E-state index is 0.555. The molecule has 1 unspecified atom stereocenters. The van der Waals surface area contributed by atoms with Gasteiger partial charge in [-0.3, -0.25) is 4.68 Å². The van der Waals surface area contributed by atoms with E-state index in [0.717, 1.165) is 18.3 Å². The molecule has 4 heteroatoms. The van der Waals surface area contributed by atoms with Gasteiger partial charge in [0.25, 0.3) is 0 Å². The summed E-state index contributed by atoms with van der Waals surface area (Å²) in [5.74, 6) is 0. The summed E-state index contributed by atoms with van der Waals surface area (Å²) >= 11 is 3.42. The first-order valence-corrected chi connectivity index (χ1v) is 5.61. The predicted molar refractivity (Wildman–Crippen MR) is 57.9 cm³/mol. The summed E-state index contributed by atoms with van der Waals surface area (Å²) in [6.45, 7) is 3.10. The minimum Gasteiger partial charge on any atom is -0.310 e. The van der Waals surface area contributed by atoms with Crippen molar-refractivity contribution in [2.24, 2.45) is 7.05 Å². The smallest absolute Gasteiger partial charge is 0.0534 e. The van der Waals surface area contributed by atoms with Crippen molar-refractivity contribution < 1.29 is 0 Å². The molecule has 0 aliphatic carbocycles. The molecule has 0 saturated carbocycles. The van der Waals surface area contributed by atoms with Gasteiger partial charge in [0.2, 0.25) is 0 Å². The molecule has 0 amide bonds. The number of alkyl halides is 1. The molecule has 1 rings (SSSR count). The quantitative estimate of drug-likeness (QED) is 0.801. The molecule has 0 radical (unpaired) electrons. The van der Waals surface area contributed by atoms with Gasteiger partial charge in [-0.05, 0) is 13.3 Å². The van der Waals surface area contributed by atoms with Crippen LogP contribution in [0.15, 0.2) is 12.4 Å². The zero-order valence-corrected chi connectivity index (χ0v) is 9.71. The van der Waals surface area contributed by atoms with E-state index in [0.29, 0.717) is 6.04 Å². The molecule has 0 aromatic carbocycles. The lowest BCUT2D eigenvalue weighted by molar-refractivity contribution is 0.538. The predicted octanol–water partition coefficient (Wildman–Crippen LogP) is 1.68. The molecule has 0 bridgehead atoms. The first kappa shape index (κ1) is 10.7. The summed E-state index contributed by atoms with van der Waals surface area (Å²) in [7, 11) is 1.94. The average molecular weight is 246 g/mol. The van der Waals surface area contributed by atoms with Crippen molar-refractivity contribution in [2.45, 2.75) is 25.9 Å². The van der Waals surface area contributed by atoms with Gasteiger partial charge in [0.15, 0.2) is 0 Å². The molecular weight excluding hydrogens is 230 g/mol. The van der Waals surface area contributed by atoms with Crippen molar-refractivity contribution >= 4 is 15.9 Å². The van der Waals surface area contributed by atoms with Gasteiger partial charge in [-0.25, -0.2) is 0 Å². The highest BCUT2D eigenvalue weighted by atomic mass is 79.9. The molecule has 74 valence electrons. The third-order valence-corrected chi connectivity index (χ3v) is 2.41. The number of hydrogen-bond acceptors (Lipinski definition) is 2. The standard InChI is InChI=1S/C9H16BrN3/c1-8(3-4-10)11-5-9-6-12-13(2)7-9/h6-8,11H,3-5H2,1-2H3. The van der Waals surface area contributed by atoms with Gasteiger partial charge in [-0.15, -0.1) is 0 Å². The zero-order chi connectivity index (χ0) is 9.68. The van der Waals surface area contributed by atoms with Crippen molar-refractivity contribution in [2.75, 3.05) is 5.33 Å². The average Bonchev–Trinajstić information content (AvgIpc) is 2.49. The Hall–Kier alpha value is -0.350. The van der Waals surface area contributed by atoms with Gasteiger partial charge in [0.05, 0.1) is 6.20 Å². The van der Waals surface area contributed by atoms with Crippen molar-refractivity contribution in [1.29, 1.82) is 0 Å². The van der Waals surface area contributed by atoms with Crippen molar-refractivity contribution in [3.63, 3.8) is 0 Å². The van der Waals surface area contributed by atoms with Crippen LogP contribution in [0.4, 0.5) is 0 Å². The number of nitrogens with zero attached hydrogens (tertiary/aromatic N) is 2. The maximum atomic E-state index is 4.11. The number of aryl methyl sites for hydroxylation is 1. The summed E-state index contributed by atoms with van der Waals surface area (Å²) in [5.41, 5.74) is 1.24. The van der Waals surface area contributed by atoms with E-state index in [1.165, 1.54) is 5.56 Å². The van der Waals surface area contributed by atoms with Crippen molar-refractivity contribution in [3.05, 3.63) is 18.0 Å². The lowest BCUT2D eigenvalue weighted by Crippen LogP contribution is -2.25. The maximum Gasteiger partial charge on any atom is 0.0534 e. The van der Waals surface area contributed by atoms with Crippen LogP contribution in [0.2, 0.25) is 0 Å². The Balaban J connectivity index is 2.26. The number of hydrogen-bond donors (Lipinski definition) is 1. The highest BCUT2D eigenvalue weighted by Crippen LogP contribution is 1.99. The maximum absolute atomic E-state index is 4.11. The third kappa shape index (κ3) is 3.91. The Labute approximate surface area is 87.6 Å². The summed E-state index contributed by atoms with van der Waals surface area (Å²) in [4.78, 5) is 0. The van der Waals surface area contributed by atoms with Gasteiger partial charge in [-0.1, -0.05) is 15.9 Å². The number of rotatable bonds is 5. The molecular formula is C9H16BrN3. The molecule has 13 heavy (non-hydrogen) atoms. The molecule has 3 nitrogen and oxygen atoms in total. The minimum atomic E-state index is 0.555. The van der Waals surface area contributed by atoms with Gasteiger partial charge in [0.1, 0.15) is 0 Å². The van der Waals surface area contributed by atoms with Crippen LogP contribution < -0.4 is 5.32 Å². The second-order valence-corrected chi connectivity index (χ2v) is 4.07.